The summed E-state index contributed by atoms with van der Waals surface area (Å²) in [6.45, 7) is 6.13. The molecule has 44 heavy (non-hydrogen) atoms. The van der Waals surface area contributed by atoms with Crippen molar-refractivity contribution < 1.29 is 14.3 Å². The lowest BCUT2D eigenvalue weighted by Gasteiger charge is -2.33. The molecule has 4 aromatic rings. The largest absolute Gasteiger partial charge is 0.445 e. The number of hydrogen-bond acceptors (Lipinski definition) is 8. The van der Waals surface area contributed by atoms with Crippen molar-refractivity contribution in [2.24, 2.45) is 5.92 Å². The molecular formula is C31H36BrN9O3. The Kier molecular flexibility index (Phi) is 7.51. The Labute approximate surface area is 263 Å². The van der Waals surface area contributed by atoms with E-state index >= 15 is 0 Å². The predicted octanol–water partition coefficient (Wildman–Crippen LogP) is 4.45. The molecule has 0 radical (unpaired) electrons. The van der Waals surface area contributed by atoms with Gasteiger partial charge in [0, 0.05) is 31.4 Å². The summed E-state index contributed by atoms with van der Waals surface area (Å²) in [6, 6.07) is 8.74. The maximum absolute atomic E-state index is 13.2. The minimum atomic E-state index is -0.785. The molecule has 7 rings (SSSR count). The van der Waals surface area contributed by atoms with Crippen molar-refractivity contribution >= 4 is 39.5 Å². The van der Waals surface area contributed by atoms with Gasteiger partial charge in [-0.1, -0.05) is 53.2 Å². The van der Waals surface area contributed by atoms with Gasteiger partial charge in [-0.25, -0.2) is 14.8 Å². The minimum Gasteiger partial charge on any atom is -0.445 e. The van der Waals surface area contributed by atoms with Crippen molar-refractivity contribution in [2.75, 3.05) is 25.0 Å². The zero-order valence-corrected chi connectivity index (χ0v) is 26.5. The first kappa shape index (κ1) is 28.8. The summed E-state index contributed by atoms with van der Waals surface area (Å²) in [7, 11) is 0. The van der Waals surface area contributed by atoms with Gasteiger partial charge in [0.25, 0.3) is 0 Å². The minimum absolute atomic E-state index is 0.108. The summed E-state index contributed by atoms with van der Waals surface area (Å²) in [6.07, 6.45) is 7.70. The molecule has 4 heterocycles. The lowest BCUT2D eigenvalue weighted by Crippen LogP contribution is -2.45. The van der Waals surface area contributed by atoms with Crippen molar-refractivity contribution in [2.45, 2.75) is 69.0 Å². The van der Waals surface area contributed by atoms with Crippen LogP contribution < -0.4 is 10.6 Å². The van der Waals surface area contributed by atoms with Gasteiger partial charge < -0.3 is 20.3 Å². The van der Waals surface area contributed by atoms with Crippen molar-refractivity contribution in [1.82, 2.24) is 39.6 Å². The van der Waals surface area contributed by atoms with Crippen molar-refractivity contribution in [1.29, 1.82) is 0 Å². The van der Waals surface area contributed by atoms with Crippen molar-refractivity contribution in [3.63, 3.8) is 0 Å². The van der Waals surface area contributed by atoms with Gasteiger partial charge in [0.05, 0.1) is 28.3 Å². The fourth-order valence-corrected chi connectivity index (χ4v) is 6.52. The monoisotopic (exact) mass is 661 g/mol. The highest BCUT2D eigenvalue weighted by molar-refractivity contribution is 9.09. The number of carbonyl (C=O) groups is 2. The summed E-state index contributed by atoms with van der Waals surface area (Å²) >= 11 is 3.93. The van der Waals surface area contributed by atoms with E-state index in [1.54, 1.807) is 15.6 Å². The number of fused-ring (bicyclic) bond motifs is 3. The van der Waals surface area contributed by atoms with E-state index in [9.17, 15) is 9.59 Å². The highest BCUT2D eigenvalue weighted by atomic mass is 79.9. The molecule has 1 saturated heterocycles. The molecule has 2 aliphatic carbocycles. The topological polar surface area (TPSA) is 132 Å². The Morgan fingerprint density at radius 1 is 1.20 bits per heavy atom. The Bertz CT molecular complexity index is 1700. The van der Waals surface area contributed by atoms with Gasteiger partial charge in [-0.15, -0.1) is 5.10 Å². The van der Waals surface area contributed by atoms with E-state index in [1.165, 1.54) is 12.8 Å². The van der Waals surface area contributed by atoms with Gasteiger partial charge in [-0.05, 0) is 50.0 Å². The highest BCUT2D eigenvalue weighted by Gasteiger charge is 2.38. The van der Waals surface area contributed by atoms with E-state index in [0.29, 0.717) is 36.4 Å². The number of amides is 2. The smallest absolute Gasteiger partial charge is 0.410 e. The van der Waals surface area contributed by atoms with Crippen molar-refractivity contribution in [3.05, 3.63) is 59.5 Å². The average molecular weight is 663 g/mol. The van der Waals surface area contributed by atoms with Gasteiger partial charge in [-0.2, -0.15) is 9.61 Å². The summed E-state index contributed by atoms with van der Waals surface area (Å²) in [5, 5.41) is 15.7. The first-order valence-corrected chi connectivity index (χ1v) is 16.1. The second-order valence-corrected chi connectivity index (χ2v) is 14.1. The number of nitrogens with one attached hydrogen (secondary N) is 2. The van der Waals surface area contributed by atoms with Crippen LogP contribution in [0.4, 0.5) is 10.7 Å². The Morgan fingerprint density at radius 3 is 2.82 bits per heavy atom. The van der Waals surface area contributed by atoms with Crippen molar-refractivity contribution in [3.8, 4) is 11.4 Å². The van der Waals surface area contributed by atoms with E-state index in [-0.39, 0.29) is 29.3 Å². The molecule has 1 aromatic carbocycles. The number of aromatic nitrogens is 6. The molecule has 3 aromatic heterocycles. The molecule has 0 spiro atoms. The third-order valence-electron chi connectivity index (χ3n) is 8.76. The van der Waals surface area contributed by atoms with Crippen LogP contribution in [-0.2, 0) is 27.0 Å². The molecule has 230 valence electrons. The van der Waals surface area contributed by atoms with Gasteiger partial charge in [0.15, 0.2) is 11.5 Å². The summed E-state index contributed by atoms with van der Waals surface area (Å²) in [5.41, 5.74) is 4.35. The van der Waals surface area contributed by atoms with E-state index in [2.05, 4.69) is 45.5 Å². The Balaban J connectivity index is 1.21. The van der Waals surface area contributed by atoms with Crippen LogP contribution in [0, 0.1) is 5.92 Å². The SMILES string of the molecule is CC1CCC(C)(Br)c2nc(N[C@@H]3CN(C(=O)OCc4ccccc4)CCNC3=O)n3nc(-c4cnn(CC5CC5)c4)nc3c21. The van der Waals surface area contributed by atoms with E-state index < -0.39 is 12.1 Å². The van der Waals surface area contributed by atoms with Gasteiger partial charge >= 0.3 is 6.09 Å². The lowest BCUT2D eigenvalue weighted by molar-refractivity contribution is -0.121. The quantitative estimate of drug-likeness (QED) is 0.278. The molecule has 1 saturated carbocycles. The first-order valence-electron chi connectivity index (χ1n) is 15.3. The highest BCUT2D eigenvalue weighted by Crippen LogP contribution is 2.47. The lowest BCUT2D eigenvalue weighted by atomic mass is 9.81. The molecule has 3 aliphatic rings. The number of carbonyl (C=O) groups excluding carboxylic acids is 2. The fraction of sp³-hybridized carbons (Fsp3) is 0.484. The van der Waals surface area contributed by atoms with E-state index in [4.69, 9.17) is 19.8 Å². The van der Waals surface area contributed by atoms with Gasteiger partial charge in [0.1, 0.15) is 12.6 Å². The van der Waals surface area contributed by atoms with E-state index in [1.807, 2.05) is 41.2 Å². The third-order valence-corrected chi connectivity index (χ3v) is 9.53. The Morgan fingerprint density at radius 2 is 2.02 bits per heavy atom. The number of benzene rings is 1. The number of ether oxygens (including phenoxy) is 1. The molecule has 13 heteroatoms. The van der Waals surface area contributed by atoms with Crippen LogP contribution in [-0.4, -0.2) is 71.9 Å². The van der Waals surface area contributed by atoms with Crippen LogP contribution >= 0.6 is 15.9 Å². The maximum atomic E-state index is 13.2. The van der Waals surface area contributed by atoms with Gasteiger partial charge in [0.2, 0.25) is 11.9 Å². The number of alkyl halides is 1. The zero-order chi connectivity index (χ0) is 30.4. The van der Waals surface area contributed by atoms with Crippen LogP contribution in [0.1, 0.15) is 62.3 Å². The molecule has 2 N–H and O–H groups in total. The predicted molar refractivity (Wildman–Crippen MR) is 167 cm³/mol. The average Bonchev–Trinajstić information content (AvgIpc) is 3.57. The van der Waals surface area contributed by atoms with Crippen LogP contribution in [0.2, 0.25) is 0 Å². The fourth-order valence-electron chi connectivity index (χ4n) is 5.99. The van der Waals surface area contributed by atoms with Crippen LogP contribution in [0.25, 0.3) is 17.0 Å². The molecule has 2 unspecified atom stereocenters. The molecule has 3 atom stereocenters. The number of nitrogens with zero attached hydrogens (tertiary/aromatic N) is 7. The summed E-state index contributed by atoms with van der Waals surface area (Å²) in [4.78, 5) is 38.0. The molecular weight excluding hydrogens is 626 g/mol. The molecule has 12 nitrogen and oxygen atoms in total. The third kappa shape index (κ3) is 5.76. The van der Waals surface area contributed by atoms with Crippen LogP contribution in [0.3, 0.4) is 0 Å². The number of hydrogen-bond donors (Lipinski definition) is 2. The molecule has 1 aliphatic heterocycles. The molecule has 2 amide bonds. The first-order chi connectivity index (χ1) is 21.2. The maximum Gasteiger partial charge on any atom is 0.410 e. The Hall–Kier alpha value is -4.00. The summed E-state index contributed by atoms with van der Waals surface area (Å²) in [5.74, 6) is 1.64. The standard InChI is InChI=1S/C31H36BrN9O3/c1-19-10-11-31(2,32)25-24(19)27-37-26(22-14-34-40(16-22)15-20-8-9-20)38-41(27)29(36-25)35-23-17-39(13-12-33-28(23)42)30(43)44-18-21-6-4-3-5-7-21/h3-7,14,16,19-20,23H,8-13,15,17-18H2,1-2H3,(H,33,42)(H,35,36)/t19?,23-,31?/m1/s1. The second kappa shape index (κ2) is 11.5. The number of rotatable bonds is 7. The van der Waals surface area contributed by atoms with Gasteiger partial charge in [-0.3, -0.25) is 9.48 Å². The van der Waals surface area contributed by atoms with E-state index in [0.717, 1.165) is 41.8 Å². The molecule has 0 bridgehead atoms. The number of halogens is 1. The summed E-state index contributed by atoms with van der Waals surface area (Å²) < 4.78 is 8.88. The molecule has 2 fully saturated rings. The zero-order valence-electron chi connectivity index (χ0n) is 24.9. The van der Waals surface area contributed by atoms with Crippen LogP contribution in [0.5, 0.6) is 0 Å². The second-order valence-electron chi connectivity index (χ2n) is 12.4. The number of anilines is 1. The van der Waals surface area contributed by atoms with Crippen LogP contribution in [0.15, 0.2) is 42.7 Å². The normalized spacial score (nSPS) is 23.6.